The van der Waals surface area contributed by atoms with Crippen molar-refractivity contribution in [1.82, 2.24) is 4.57 Å². The Morgan fingerprint density at radius 3 is 2.62 bits per heavy atom. The number of carbonyl (C=O) groups excluding carboxylic acids is 1. The summed E-state index contributed by atoms with van der Waals surface area (Å²) in [6.45, 7) is 4.29. The van der Waals surface area contributed by atoms with Crippen LogP contribution in [0.1, 0.15) is 48.7 Å². The number of hydrogen-bond acceptors (Lipinski definition) is 3. The molecule has 1 N–H and O–H groups in total. The first-order chi connectivity index (χ1) is 11.5. The van der Waals surface area contributed by atoms with Gasteiger partial charge < -0.3 is 9.84 Å². The van der Waals surface area contributed by atoms with E-state index in [1.54, 1.807) is 4.57 Å². The largest absolute Gasteiger partial charge is 0.494 e. The molecular weight excluding hydrogens is 306 g/mol. The van der Waals surface area contributed by atoms with E-state index in [1.165, 1.54) is 0 Å². The molecular formula is C19H23NO4. The quantitative estimate of drug-likeness (QED) is 0.906. The van der Waals surface area contributed by atoms with Crippen molar-refractivity contribution in [2.24, 2.45) is 5.92 Å². The molecule has 1 saturated carbocycles. The third-order valence-electron chi connectivity index (χ3n) is 4.87. The van der Waals surface area contributed by atoms with Gasteiger partial charge in [-0.05, 0) is 50.5 Å². The monoisotopic (exact) mass is 329 g/mol. The van der Waals surface area contributed by atoms with Crippen molar-refractivity contribution >= 4 is 22.8 Å². The lowest BCUT2D eigenvalue weighted by molar-refractivity contribution is -0.136. The predicted octanol–water partition coefficient (Wildman–Crippen LogP) is 3.81. The summed E-state index contributed by atoms with van der Waals surface area (Å²) in [6, 6.07) is 5.56. The Morgan fingerprint density at radius 1 is 1.29 bits per heavy atom. The number of aromatic nitrogens is 1. The second kappa shape index (κ2) is 6.67. The van der Waals surface area contributed by atoms with E-state index in [-0.39, 0.29) is 18.2 Å². The van der Waals surface area contributed by atoms with Crippen molar-refractivity contribution in [3.05, 3.63) is 29.5 Å². The molecule has 0 atom stereocenters. The first-order valence-corrected chi connectivity index (χ1v) is 8.55. The Morgan fingerprint density at radius 2 is 2.00 bits per heavy atom. The molecule has 5 nitrogen and oxygen atoms in total. The molecule has 24 heavy (non-hydrogen) atoms. The van der Waals surface area contributed by atoms with Crippen LogP contribution in [-0.4, -0.2) is 28.2 Å². The Bertz CT molecular complexity index is 784. The molecule has 5 heteroatoms. The molecule has 1 aromatic carbocycles. The lowest BCUT2D eigenvalue weighted by atomic mass is 10.1. The van der Waals surface area contributed by atoms with Crippen molar-refractivity contribution in [3.63, 3.8) is 0 Å². The number of carboxylic acid groups (broad SMARTS) is 1. The van der Waals surface area contributed by atoms with Crippen molar-refractivity contribution in [3.8, 4) is 5.75 Å². The topological polar surface area (TPSA) is 68.5 Å². The number of nitrogens with zero attached hydrogens (tertiary/aromatic N) is 1. The molecule has 0 radical (unpaired) electrons. The Labute approximate surface area is 141 Å². The Hall–Kier alpha value is -2.30. The molecule has 0 unspecified atom stereocenters. The molecule has 0 saturated heterocycles. The van der Waals surface area contributed by atoms with Gasteiger partial charge in [-0.3, -0.25) is 14.2 Å². The minimum atomic E-state index is -0.896. The van der Waals surface area contributed by atoms with E-state index in [1.807, 2.05) is 32.0 Å². The van der Waals surface area contributed by atoms with Crippen molar-refractivity contribution in [2.75, 3.05) is 6.61 Å². The first kappa shape index (κ1) is 16.6. The number of carboxylic acids is 1. The van der Waals surface area contributed by atoms with Gasteiger partial charge in [0.1, 0.15) is 5.75 Å². The van der Waals surface area contributed by atoms with Crippen LogP contribution < -0.4 is 4.74 Å². The standard InChI is InChI=1S/C19H23NO4/c1-3-24-14-8-9-17-16(10-14)15(11-18(21)22)12(2)20(17)19(23)13-6-4-5-7-13/h8-10,13H,3-7,11H2,1-2H3,(H,21,22). The summed E-state index contributed by atoms with van der Waals surface area (Å²) in [5.41, 5.74) is 2.22. The number of benzene rings is 1. The smallest absolute Gasteiger partial charge is 0.307 e. The highest BCUT2D eigenvalue weighted by atomic mass is 16.5. The average Bonchev–Trinajstić information content (AvgIpc) is 3.15. The van der Waals surface area contributed by atoms with Gasteiger partial charge in [0.15, 0.2) is 0 Å². The highest BCUT2D eigenvalue weighted by Crippen LogP contribution is 2.33. The number of rotatable bonds is 5. The van der Waals surface area contributed by atoms with Crippen LogP contribution in [-0.2, 0) is 11.2 Å². The maximum atomic E-state index is 13.0. The summed E-state index contributed by atoms with van der Waals surface area (Å²) in [7, 11) is 0. The highest BCUT2D eigenvalue weighted by Gasteiger charge is 2.28. The van der Waals surface area contributed by atoms with E-state index in [0.29, 0.717) is 17.9 Å². The predicted molar refractivity (Wildman–Crippen MR) is 91.8 cm³/mol. The van der Waals surface area contributed by atoms with Crippen LogP contribution >= 0.6 is 0 Å². The first-order valence-electron chi connectivity index (χ1n) is 8.55. The van der Waals surface area contributed by atoms with Crippen LogP contribution in [0.25, 0.3) is 10.9 Å². The maximum absolute atomic E-state index is 13.0. The minimum absolute atomic E-state index is 0.0450. The van der Waals surface area contributed by atoms with Gasteiger partial charge in [0.25, 0.3) is 0 Å². The van der Waals surface area contributed by atoms with Crippen LogP contribution in [0, 0.1) is 12.8 Å². The normalized spacial score (nSPS) is 15.1. The van der Waals surface area contributed by atoms with Crippen molar-refractivity contribution in [1.29, 1.82) is 0 Å². The van der Waals surface area contributed by atoms with E-state index >= 15 is 0 Å². The Balaban J connectivity index is 2.15. The molecule has 1 fully saturated rings. The van der Waals surface area contributed by atoms with Gasteiger partial charge in [0.2, 0.25) is 5.91 Å². The van der Waals surface area contributed by atoms with Crippen LogP contribution in [0.4, 0.5) is 0 Å². The summed E-state index contributed by atoms with van der Waals surface area (Å²) in [4.78, 5) is 24.3. The molecule has 0 bridgehead atoms. The van der Waals surface area contributed by atoms with E-state index in [2.05, 4.69) is 0 Å². The van der Waals surface area contributed by atoms with Gasteiger partial charge in [-0.2, -0.15) is 0 Å². The lowest BCUT2D eigenvalue weighted by Gasteiger charge is -2.12. The summed E-state index contributed by atoms with van der Waals surface area (Å²) in [6.07, 6.45) is 3.92. The number of hydrogen-bond donors (Lipinski definition) is 1. The molecule has 0 spiro atoms. The number of fused-ring (bicyclic) bond motifs is 1. The van der Waals surface area contributed by atoms with Crippen LogP contribution in [0.15, 0.2) is 18.2 Å². The van der Waals surface area contributed by atoms with Crippen molar-refractivity contribution < 1.29 is 19.4 Å². The minimum Gasteiger partial charge on any atom is -0.494 e. The van der Waals surface area contributed by atoms with Gasteiger partial charge in [-0.15, -0.1) is 0 Å². The second-order valence-corrected chi connectivity index (χ2v) is 6.40. The number of aliphatic carboxylic acids is 1. The fraction of sp³-hybridized carbons (Fsp3) is 0.474. The number of ether oxygens (including phenoxy) is 1. The SMILES string of the molecule is CCOc1ccc2c(c1)c(CC(=O)O)c(C)n2C(=O)C1CCCC1. The van der Waals surface area contributed by atoms with Gasteiger partial charge in [-0.1, -0.05) is 12.8 Å². The van der Waals surface area contributed by atoms with Crippen molar-refractivity contribution in [2.45, 2.75) is 46.0 Å². The molecule has 0 amide bonds. The van der Waals surface area contributed by atoms with Gasteiger partial charge in [0.05, 0.1) is 18.5 Å². The zero-order valence-corrected chi connectivity index (χ0v) is 14.2. The summed E-state index contributed by atoms with van der Waals surface area (Å²) in [5.74, 6) is -0.0614. The van der Waals surface area contributed by atoms with Gasteiger partial charge >= 0.3 is 5.97 Å². The fourth-order valence-corrected chi connectivity index (χ4v) is 3.73. The van der Waals surface area contributed by atoms with Crippen LogP contribution in [0.3, 0.4) is 0 Å². The van der Waals surface area contributed by atoms with E-state index in [4.69, 9.17) is 4.74 Å². The molecule has 3 rings (SSSR count). The second-order valence-electron chi connectivity index (χ2n) is 6.40. The highest BCUT2D eigenvalue weighted by molar-refractivity contribution is 5.98. The zero-order valence-electron chi connectivity index (χ0n) is 14.2. The van der Waals surface area contributed by atoms with E-state index in [0.717, 1.165) is 42.3 Å². The molecule has 1 aromatic heterocycles. The summed E-state index contributed by atoms with van der Waals surface area (Å²) >= 11 is 0. The molecule has 1 heterocycles. The van der Waals surface area contributed by atoms with E-state index in [9.17, 15) is 14.7 Å². The third-order valence-corrected chi connectivity index (χ3v) is 4.87. The van der Waals surface area contributed by atoms with Crippen LogP contribution in [0.2, 0.25) is 0 Å². The zero-order chi connectivity index (χ0) is 17.3. The van der Waals surface area contributed by atoms with Crippen LogP contribution in [0.5, 0.6) is 5.75 Å². The maximum Gasteiger partial charge on any atom is 0.307 e. The lowest BCUT2D eigenvalue weighted by Crippen LogP contribution is -2.20. The molecule has 2 aromatic rings. The summed E-state index contributed by atoms with van der Waals surface area (Å²) < 4.78 is 7.26. The Kier molecular flexibility index (Phi) is 4.60. The molecule has 0 aliphatic heterocycles. The van der Waals surface area contributed by atoms with Gasteiger partial charge in [0, 0.05) is 17.0 Å². The van der Waals surface area contributed by atoms with Gasteiger partial charge in [-0.25, -0.2) is 0 Å². The average molecular weight is 329 g/mol. The number of carbonyl (C=O) groups is 2. The molecule has 1 aliphatic rings. The molecule has 1 aliphatic carbocycles. The van der Waals surface area contributed by atoms with E-state index < -0.39 is 5.97 Å². The fourth-order valence-electron chi connectivity index (χ4n) is 3.73. The third kappa shape index (κ3) is 2.90. The molecule has 128 valence electrons. The summed E-state index contributed by atoms with van der Waals surface area (Å²) in [5, 5.41) is 10.1.